The Bertz CT molecular complexity index is 372. The zero-order chi connectivity index (χ0) is 12.1. The molecule has 1 aromatic rings. The fourth-order valence-electron chi connectivity index (χ4n) is 2.15. The first-order valence-electron chi connectivity index (χ1n) is 6.40. The molecule has 1 aliphatic heterocycles. The molecule has 1 heterocycles. The molecule has 0 aromatic heterocycles. The monoisotopic (exact) mass is 268 g/mol. The maximum absolute atomic E-state index is 12.0. The SMILES string of the molecule is CCc1ccc(NC(=O)C2CCNCC2)cc1.Cl. The van der Waals surface area contributed by atoms with Crippen molar-refractivity contribution in [1.29, 1.82) is 0 Å². The molecule has 2 N–H and O–H groups in total. The van der Waals surface area contributed by atoms with Gasteiger partial charge in [0.25, 0.3) is 0 Å². The number of anilines is 1. The van der Waals surface area contributed by atoms with E-state index in [9.17, 15) is 4.79 Å². The number of carbonyl (C=O) groups is 1. The van der Waals surface area contributed by atoms with Gasteiger partial charge in [-0.2, -0.15) is 0 Å². The van der Waals surface area contributed by atoms with Crippen LogP contribution in [0, 0.1) is 5.92 Å². The van der Waals surface area contributed by atoms with Crippen LogP contribution in [0.5, 0.6) is 0 Å². The van der Waals surface area contributed by atoms with Gasteiger partial charge in [0.05, 0.1) is 0 Å². The first kappa shape index (κ1) is 15.0. The van der Waals surface area contributed by atoms with Crippen molar-refractivity contribution in [3.63, 3.8) is 0 Å². The van der Waals surface area contributed by atoms with Gasteiger partial charge in [0.1, 0.15) is 0 Å². The van der Waals surface area contributed by atoms with Gasteiger partial charge < -0.3 is 10.6 Å². The summed E-state index contributed by atoms with van der Waals surface area (Å²) in [6.45, 7) is 4.03. The zero-order valence-electron chi connectivity index (χ0n) is 10.7. The molecule has 1 amide bonds. The number of halogens is 1. The Morgan fingerprint density at radius 1 is 1.28 bits per heavy atom. The number of aryl methyl sites for hydroxylation is 1. The van der Waals surface area contributed by atoms with Crippen molar-refractivity contribution in [3.8, 4) is 0 Å². The maximum atomic E-state index is 12.0. The summed E-state index contributed by atoms with van der Waals surface area (Å²) in [4.78, 5) is 12.0. The lowest BCUT2D eigenvalue weighted by Crippen LogP contribution is -2.34. The van der Waals surface area contributed by atoms with E-state index in [0.717, 1.165) is 38.0 Å². The molecule has 3 nitrogen and oxygen atoms in total. The van der Waals surface area contributed by atoms with Crippen molar-refractivity contribution in [2.45, 2.75) is 26.2 Å². The third-order valence-corrected chi connectivity index (χ3v) is 3.34. The second kappa shape index (κ2) is 7.39. The van der Waals surface area contributed by atoms with E-state index in [1.807, 2.05) is 12.1 Å². The predicted molar refractivity (Wildman–Crippen MR) is 77.3 cm³/mol. The van der Waals surface area contributed by atoms with Gasteiger partial charge in [0.15, 0.2) is 0 Å². The third kappa shape index (κ3) is 4.00. The Hall–Kier alpha value is -1.06. The average molecular weight is 269 g/mol. The summed E-state index contributed by atoms with van der Waals surface area (Å²) in [5.41, 5.74) is 2.20. The van der Waals surface area contributed by atoms with Gasteiger partial charge in [-0.1, -0.05) is 19.1 Å². The minimum atomic E-state index is 0. The standard InChI is InChI=1S/C14H20N2O.ClH/c1-2-11-3-5-13(6-4-11)16-14(17)12-7-9-15-10-8-12;/h3-6,12,15H,2,7-10H2,1H3,(H,16,17);1H. The van der Waals surface area contributed by atoms with Crippen LogP contribution in [-0.2, 0) is 11.2 Å². The second-order valence-corrected chi connectivity index (χ2v) is 4.56. The fraction of sp³-hybridized carbons (Fsp3) is 0.500. The summed E-state index contributed by atoms with van der Waals surface area (Å²) in [5, 5.41) is 6.26. The lowest BCUT2D eigenvalue weighted by Gasteiger charge is -2.21. The van der Waals surface area contributed by atoms with E-state index in [1.54, 1.807) is 0 Å². The maximum Gasteiger partial charge on any atom is 0.227 e. The molecule has 0 atom stereocenters. The summed E-state index contributed by atoms with van der Waals surface area (Å²) in [6, 6.07) is 8.10. The highest BCUT2D eigenvalue weighted by atomic mass is 35.5. The number of hydrogen-bond donors (Lipinski definition) is 2. The molecule has 0 radical (unpaired) electrons. The Labute approximate surface area is 115 Å². The largest absolute Gasteiger partial charge is 0.326 e. The van der Waals surface area contributed by atoms with Gasteiger partial charge in [-0.25, -0.2) is 0 Å². The van der Waals surface area contributed by atoms with Crippen molar-refractivity contribution in [3.05, 3.63) is 29.8 Å². The Balaban J connectivity index is 0.00000162. The lowest BCUT2D eigenvalue weighted by atomic mass is 9.97. The molecule has 0 bridgehead atoms. The quantitative estimate of drug-likeness (QED) is 0.885. The van der Waals surface area contributed by atoms with E-state index in [-0.39, 0.29) is 24.2 Å². The molecule has 0 spiro atoms. The van der Waals surface area contributed by atoms with Crippen LogP contribution < -0.4 is 10.6 Å². The van der Waals surface area contributed by atoms with Gasteiger partial charge in [-0.15, -0.1) is 12.4 Å². The topological polar surface area (TPSA) is 41.1 Å². The molecule has 2 rings (SSSR count). The van der Waals surface area contributed by atoms with Crippen LogP contribution in [-0.4, -0.2) is 19.0 Å². The minimum absolute atomic E-state index is 0. The van der Waals surface area contributed by atoms with Gasteiger partial charge in [-0.3, -0.25) is 4.79 Å². The average Bonchev–Trinajstić information content (AvgIpc) is 2.40. The predicted octanol–water partition coefficient (Wildman–Crippen LogP) is 2.61. The zero-order valence-corrected chi connectivity index (χ0v) is 11.6. The van der Waals surface area contributed by atoms with Crippen LogP contribution in [0.25, 0.3) is 0 Å². The number of piperidine rings is 1. The number of benzene rings is 1. The molecule has 0 saturated carbocycles. The molecule has 4 heteroatoms. The van der Waals surface area contributed by atoms with Crippen molar-refractivity contribution in [2.75, 3.05) is 18.4 Å². The van der Waals surface area contributed by atoms with Crippen LogP contribution >= 0.6 is 12.4 Å². The second-order valence-electron chi connectivity index (χ2n) is 4.56. The number of hydrogen-bond acceptors (Lipinski definition) is 2. The third-order valence-electron chi connectivity index (χ3n) is 3.34. The highest BCUT2D eigenvalue weighted by Gasteiger charge is 2.20. The normalized spacial score (nSPS) is 15.8. The summed E-state index contributed by atoms with van der Waals surface area (Å²) in [7, 11) is 0. The number of carbonyl (C=O) groups excluding carboxylic acids is 1. The Kier molecular flexibility index (Phi) is 6.16. The van der Waals surface area contributed by atoms with Crippen LogP contribution in [0.4, 0.5) is 5.69 Å². The first-order chi connectivity index (χ1) is 8.29. The van der Waals surface area contributed by atoms with Crippen molar-refractivity contribution < 1.29 is 4.79 Å². The molecule has 0 unspecified atom stereocenters. The van der Waals surface area contributed by atoms with E-state index >= 15 is 0 Å². The highest BCUT2D eigenvalue weighted by Crippen LogP contribution is 2.16. The molecule has 0 aliphatic carbocycles. The van der Waals surface area contributed by atoms with Gasteiger partial charge in [0, 0.05) is 11.6 Å². The molecule has 1 saturated heterocycles. The van der Waals surface area contributed by atoms with Crippen LogP contribution in [0.1, 0.15) is 25.3 Å². The lowest BCUT2D eigenvalue weighted by molar-refractivity contribution is -0.120. The smallest absolute Gasteiger partial charge is 0.227 e. The van der Waals surface area contributed by atoms with E-state index < -0.39 is 0 Å². The number of nitrogens with one attached hydrogen (secondary N) is 2. The summed E-state index contributed by atoms with van der Waals surface area (Å²) in [6.07, 6.45) is 2.92. The van der Waals surface area contributed by atoms with E-state index in [0.29, 0.717) is 0 Å². The summed E-state index contributed by atoms with van der Waals surface area (Å²) in [5.74, 6) is 0.331. The number of amides is 1. The Morgan fingerprint density at radius 3 is 2.44 bits per heavy atom. The van der Waals surface area contributed by atoms with Crippen LogP contribution in [0.2, 0.25) is 0 Å². The summed E-state index contributed by atoms with van der Waals surface area (Å²) >= 11 is 0. The molecule has 1 aromatic carbocycles. The van der Waals surface area contributed by atoms with Crippen molar-refractivity contribution in [1.82, 2.24) is 5.32 Å². The summed E-state index contributed by atoms with van der Waals surface area (Å²) < 4.78 is 0. The van der Waals surface area contributed by atoms with Gasteiger partial charge >= 0.3 is 0 Å². The molecular formula is C14H21ClN2O. The molecule has 100 valence electrons. The van der Waals surface area contributed by atoms with Gasteiger partial charge in [0.2, 0.25) is 5.91 Å². The first-order valence-corrected chi connectivity index (χ1v) is 6.40. The molecule has 18 heavy (non-hydrogen) atoms. The molecule has 1 fully saturated rings. The van der Waals surface area contributed by atoms with Crippen LogP contribution in [0.15, 0.2) is 24.3 Å². The van der Waals surface area contributed by atoms with E-state index in [1.165, 1.54) is 5.56 Å². The highest BCUT2D eigenvalue weighted by molar-refractivity contribution is 5.92. The van der Waals surface area contributed by atoms with Crippen LogP contribution in [0.3, 0.4) is 0 Å². The van der Waals surface area contributed by atoms with Crippen molar-refractivity contribution >= 4 is 24.0 Å². The fourth-order valence-corrected chi connectivity index (χ4v) is 2.15. The van der Waals surface area contributed by atoms with Crippen molar-refractivity contribution in [2.24, 2.45) is 5.92 Å². The van der Waals surface area contributed by atoms with Gasteiger partial charge in [-0.05, 0) is 50.0 Å². The Morgan fingerprint density at radius 2 is 1.89 bits per heavy atom. The molecular weight excluding hydrogens is 248 g/mol. The minimum Gasteiger partial charge on any atom is -0.326 e. The molecule has 1 aliphatic rings. The van der Waals surface area contributed by atoms with E-state index in [2.05, 4.69) is 29.7 Å². The number of rotatable bonds is 3. The van der Waals surface area contributed by atoms with E-state index in [4.69, 9.17) is 0 Å².